The number of nitrogens with one attached hydrogen (secondary N) is 2. The molecule has 4 rings (SSSR count). The number of likely N-dealkylation sites (N-methyl/N-ethyl adjacent to an activating group) is 1. The minimum atomic E-state index is 0.0670. The van der Waals surface area contributed by atoms with Gasteiger partial charge in [-0.25, -0.2) is 4.98 Å². The van der Waals surface area contributed by atoms with E-state index in [2.05, 4.69) is 53.6 Å². The number of hydrogen-bond donors (Lipinski definition) is 2. The number of hydrogen-bond acceptors (Lipinski definition) is 8. The van der Waals surface area contributed by atoms with Crippen molar-refractivity contribution in [1.82, 2.24) is 29.5 Å². The second-order valence-electron chi connectivity index (χ2n) is 8.40. The molecule has 11 heteroatoms. The highest BCUT2D eigenvalue weighted by atomic mass is 79.9. The Bertz CT molecular complexity index is 937. The number of aryl methyl sites for hydroxylation is 1. The lowest BCUT2D eigenvalue weighted by Crippen LogP contribution is -2.34. The molecule has 0 radical (unpaired) electrons. The Balaban J connectivity index is 1.32. The first-order valence-electron chi connectivity index (χ1n) is 11.1. The summed E-state index contributed by atoms with van der Waals surface area (Å²) in [5.41, 5.74) is 1.83. The summed E-state index contributed by atoms with van der Waals surface area (Å²) in [5.74, 6) is 1.30. The standard InChI is InChI=1S/C21H31BrN8O2/c1-15-18(13-30(27-15)16-5-9-28(2)12-16)25-21-24-11-17(22)20(26-21)23-6-3-7-29-8-4-10-32-14-19(29)31/h11,13,16H,3-10,12,14H2,1-2H3,(H2,23,24,25,26). The van der Waals surface area contributed by atoms with Crippen molar-refractivity contribution in [2.24, 2.45) is 0 Å². The number of anilines is 3. The highest BCUT2D eigenvalue weighted by Gasteiger charge is 2.23. The van der Waals surface area contributed by atoms with Crippen LogP contribution in [0.3, 0.4) is 0 Å². The van der Waals surface area contributed by atoms with Crippen LogP contribution in [-0.2, 0) is 9.53 Å². The molecule has 32 heavy (non-hydrogen) atoms. The van der Waals surface area contributed by atoms with Crippen LogP contribution >= 0.6 is 15.9 Å². The molecule has 1 atom stereocenters. The van der Waals surface area contributed by atoms with Gasteiger partial charge in [0.05, 0.1) is 21.9 Å². The maximum absolute atomic E-state index is 12.0. The van der Waals surface area contributed by atoms with Crippen LogP contribution in [0.25, 0.3) is 0 Å². The first-order valence-corrected chi connectivity index (χ1v) is 11.9. The van der Waals surface area contributed by atoms with Gasteiger partial charge >= 0.3 is 0 Å². The molecule has 2 N–H and O–H groups in total. The zero-order valence-corrected chi connectivity index (χ0v) is 20.3. The summed E-state index contributed by atoms with van der Waals surface area (Å²) in [5, 5.41) is 11.3. The van der Waals surface area contributed by atoms with Crippen LogP contribution in [0.2, 0.25) is 0 Å². The van der Waals surface area contributed by atoms with Crippen molar-refractivity contribution in [2.45, 2.75) is 32.2 Å². The zero-order valence-electron chi connectivity index (χ0n) is 18.7. The van der Waals surface area contributed by atoms with Gasteiger partial charge in [0.2, 0.25) is 11.9 Å². The Morgan fingerprint density at radius 1 is 1.34 bits per heavy atom. The van der Waals surface area contributed by atoms with Gasteiger partial charge in [-0.15, -0.1) is 0 Å². The van der Waals surface area contributed by atoms with Crippen LogP contribution in [0.1, 0.15) is 31.0 Å². The Morgan fingerprint density at radius 3 is 3.03 bits per heavy atom. The van der Waals surface area contributed by atoms with E-state index in [4.69, 9.17) is 4.74 Å². The monoisotopic (exact) mass is 506 g/mol. The minimum absolute atomic E-state index is 0.0670. The van der Waals surface area contributed by atoms with E-state index in [-0.39, 0.29) is 12.5 Å². The number of nitrogens with zero attached hydrogens (tertiary/aromatic N) is 6. The first-order chi connectivity index (χ1) is 15.5. The molecule has 10 nitrogen and oxygen atoms in total. The second kappa shape index (κ2) is 10.6. The molecule has 0 saturated carbocycles. The van der Waals surface area contributed by atoms with Crippen LogP contribution in [0, 0.1) is 6.92 Å². The van der Waals surface area contributed by atoms with E-state index < -0.39 is 0 Å². The summed E-state index contributed by atoms with van der Waals surface area (Å²) in [4.78, 5) is 25.2. The first kappa shape index (κ1) is 22.9. The zero-order chi connectivity index (χ0) is 22.5. The Morgan fingerprint density at radius 2 is 2.22 bits per heavy atom. The fourth-order valence-electron chi connectivity index (χ4n) is 4.04. The summed E-state index contributed by atoms with van der Waals surface area (Å²) in [6.07, 6.45) is 6.60. The Labute approximate surface area is 196 Å². The van der Waals surface area contributed by atoms with Crippen LogP contribution in [-0.4, -0.2) is 88.4 Å². The van der Waals surface area contributed by atoms with Crippen molar-refractivity contribution in [1.29, 1.82) is 0 Å². The predicted molar refractivity (Wildman–Crippen MR) is 126 cm³/mol. The van der Waals surface area contributed by atoms with Gasteiger partial charge in [0.15, 0.2) is 0 Å². The predicted octanol–water partition coefficient (Wildman–Crippen LogP) is 2.42. The molecule has 1 unspecified atom stereocenters. The van der Waals surface area contributed by atoms with Gasteiger partial charge < -0.3 is 25.2 Å². The molecule has 2 aliphatic rings. The van der Waals surface area contributed by atoms with Gasteiger partial charge in [-0.2, -0.15) is 10.1 Å². The van der Waals surface area contributed by atoms with Gasteiger partial charge in [0.25, 0.3) is 0 Å². The summed E-state index contributed by atoms with van der Waals surface area (Å²) in [6.45, 7) is 7.10. The molecule has 0 spiro atoms. The number of carbonyl (C=O) groups is 1. The summed E-state index contributed by atoms with van der Waals surface area (Å²) >= 11 is 3.52. The Hall–Kier alpha value is -2.24. The molecular weight excluding hydrogens is 476 g/mol. The normalized spacial score (nSPS) is 19.9. The lowest BCUT2D eigenvalue weighted by Gasteiger charge is -2.19. The lowest BCUT2D eigenvalue weighted by atomic mass is 10.3. The van der Waals surface area contributed by atoms with Crippen LogP contribution in [0.5, 0.6) is 0 Å². The fourth-order valence-corrected chi connectivity index (χ4v) is 4.37. The molecule has 2 aliphatic heterocycles. The average Bonchev–Trinajstić information content (AvgIpc) is 3.30. The van der Waals surface area contributed by atoms with Gasteiger partial charge in [-0.3, -0.25) is 9.48 Å². The number of ether oxygens (including phenoxy) is 1. The molecule has 1 amide bonds. The molecular formula is C21H31BrN8O2. The minimum Gasteiger partial charge on any atom is -0.372 e. The molecule has 2 fully saturated rings. The number of carbonyl (C=O) groups excluding carboxylic acids is 1. The number of aromatic nitrogens is 4. The van der Waals surface area contributed by atoms with Crippen molar-refractivity contribution in [3.05, 3.63) is 22.6 Å². The molecule has 2 aromatic rings. The molecule has 0 aromatic carbocycles. The summed E-state index contributed by atoms with van der Waals surface area (Å²) in [7, 11) is 2.14. The van der Waals surface area contributed by atoms with Gasteiger partial charge in [0.1, 0.15) is 12.4 Å². The Kier molecular flexibility index (Phi) is 7.59. The summed E-state index contributed by atoms with van der Waals surface area (Å²) < 4.78 is 8.13. The van der Waals surface area contributed by atoms with E-state index >= 15 is 0 Å². The van der Waals surface area contributed by atoms with Crippen molar-refractivity contribution in [2.75, 3.05) is 63.6 Å². The smallest absolute Gasteiger partial charge is 0.248 e. The second-order valence-corrected chi connectivity index (χ2v) is 9.25. The maximum Gasteiger partial charge on any atom is 0.248 e. The van der Waals surface area contributed by atoms with Gasteiger partial charge in [0, 0.05) is 45.2 Å². The van der Waals surface area contributed by atoms with Gasteiger partial charge in [-0.05, 0) is 55.7 Å². The quantitative estimate of drug-likeness (QED) is 0.526. The molecule has 174 valence electrons. The lowest BCUT2D eigenvalue weighted by molar-refractivity contribution is -0.133. The van der Waals surface area contributed by atoms with E-state index in [0.29, 0.717) is 31.7 Å². The number of amides is 1. The van der Waals surface area contributed by atoms with Crippen LogP contribution in [0.15, 0.2) is 16.9 Å². The van der Waals surface area contributed by atoms with Crippen molar-refractivity contribution in [3.63, 3.8) is 0 Å². The van der Waals surface area contributed by atoms with Crippen LogP contribution in [0.4, 0.5) is 17.5 Å². The van der Waals surface area contributed by atoms with Crippen molar-refractivity contribution in [3.8, 4) is 0 Å². The van der Waals surface area contributed by atoms with Gasteiger partial charge in [-0.1, -0.05) is 0 Å². The maximum atomic E-state index is 12.0. The van der Waals surface area contributed by atoms with E-state index in [1.807, 2.05) is 22.7 Å². The summed E-state index contributed by atoms with van der Waals surface area (Å²) in [6, 6.07) is 0.403. The molecule has 2 saturated heterocycles. The third-order valence-corrected chi connectivity index (χ3v) is 6.42. The SMILES string of the molecule is Cc1nn(C2CCN(C)C2)cc1Nc1ncc(Br)c(NCCCN2CCCOCC2=O)n1. The van der Waals surface area contributed by atoms with E-state index in [1.165, 1.54) is 0 Å². The third kappa shape index (κ3) is 5.76. The highest BCUT2D eigenvalue weighted by molar-refractivity contribution is 9.10. The molecule has 2 aromatic heterocycles. The highest BCUT2D eigenvalue weighted by Crippen LogP contribution is 2.26. The number of halogens is 1. The van der Waals surface area contributed by atoms with Crippen LogP contribution < -0.4 is 10.6 Å². The van der Waals surface area contributed by atoms with E-state index in [1.54, 1.807) is 6.20 Å². The topological polar surface area (TPSA) is 100 Å². The van der Waals surface area contributed by atoms with E-state index in [9.17, 15) is 4.79 Å². The fraction of sp³-hybridized carbons (Fsp3) is 0.619. The van der Waals surface area contributed by atoms with Crippen molar-refractivity contribution >= 4 is 39.3 Å². The number of likely N-dealkylation sites (tertiary alicyclic amines) is 1. The van der Waals surface area contributed by atoms with Crippen molar-refractivity contribution < 1.29 is 9.53 Å². The molecule has 4 heterocycles. The third-order valence-electron chi connectivity index (χ3n) is 5.84. The number of rotatable bonds is 8. The van der Waals surface area contributed by atoms with E-state index in [0.717, 1.165) is 60.6 Å². The molecule has 0 aliphatic carbocycles. The average molecular weight is 507 g/mol. The largest absolute Gasteiger partial charge is 0.372 e. The molecule has 0 bridgehead atoms.